The van der Waals surface area contributed by atoms with Crippen molar-refractivity contribution in [2.75, 3.05) is 24.2 Å². The lowest BCUT2D eigenvalue weighted by atomic mass is 10.1. The lowest BCUT2D eigenvalue weighted by Gasteiger charge is -2.14. The van der Waals surface area contributed by atoms with Gasteiger partial charge in [0.05, 0.1) is 6.04 Å². The number of nitrogens with one attached hydrogen (secondary N) is 1. The van der Waals surface area contributed by atoms with Gasteiger partial charge in [-0.3, -0.25) is 9.79 Å². The molecule has 0 spiro atoms. The molecule has 5 heteroatoms. The minimum absolute atomic E-state index is 0.0864. The van der Waals surface area contributed by atoms with Gasteiger partial charge in [-0.1, -0.05) is 42.1 Å². The third kappa shape index (κ3) is 2.97. The van der Waals surface area contributed by atoms with Gasteiger partial charge in [-0.15, -0.1) is 0 Å². The molecule has 2 heterocycles. The highest BCUT2D eigenvalue weighted by Crippen LogP contribution is 2.33. The second-order valence-electron chi connectivity index (χ2n) is 5.67. The molecule has 116 valence electrons. The Balaban J connectivity index is 1.51. The fourth-order valence-electron chi connectivity index (χ4n) is 2.90. The number of carbonyl (C=O) groups excluding carboxylic acids is 1. The Morgan fingerprint density at radius 2 is 2.04 bits per heavy atom. The van der Waals surface area contributed by atoms with Crippen LogP contribution in [0.4, 0.5) is 5.69 Å². The number of rotatable bonds is 3. The van der Waals surface area contributed by atoms with Gasteiger partial charge in [0.25, 0.3) is 5.91 Å². The van der Waals surface area contributed by atoms with Crippen LogP contribution in [0.2, 0.25) is 0 Å². The van der Waals surface area contributed by atoms with Crippen LogP contribution >= 0.6 is 11.8 Å². The number of thioether (sulfide) groups is 1. The van der Waals surface area contributed by atoms with E-state index in [0.29, 0.717) is 5.56 Å². The van der Waals surface area contributed by atoms with Crippen molar-refractivity contribution in [3.63, 3.8) is 0 Å². The van der Waals surface area contributed by atoms with E-state index >= 15 is 0 Å². The van der Waals surface area contributed by atoms with E-state index < -0.39 is 0 Å². The minimum Gasteiger partial charge on any atom is -0.348 e. The van der Waals surface area contributed by atoms with E-state index in [9.17, 15) is 4.79 Å². The van der Waals surface area contributed by atoms with Gasteiger partial charge in [0.1, 0.15) is 0 Å². The summed E-state index contributed by atoms with van der Waals surface area (Å²) in [4.78, 5) is 19.4. The Bertz CT molecular complexity index is 760. The van der Waals surface area contributed by atoms with Gasteiger partial charge in [-0.2, -0.15) is 0 Å². The van der Waals surface area contributed by atoms with Crippen molar-refractivity contribution >= 4 is 28.5 Å². The van der Waals surface area contributed by atoms with Gasteiger partial charge in [-0.05, 0) is 29.8 Å². The van der Waals surface area contributed by atoms with Gasteiger partial charge in [0.2, 0.25) is 0 Å². The normalized spacial score (nSPS) is 19.4. The zero-order valence-corrected chi connectivity index (χ0v) is 13.4. The van der Waals surface area contributed by atoms with Crippen molar-refractivity contribution in [1.29, 1.82) is 0 Å². The third-order valence-corrected chi connectivity index (χ3v) is 5.10. The van der Waals surface area contributed by atoms with Crippen LogP contribution in [-0.2, 0) is 0 Å². The largest absolute Gasteiger partial charge is 0.348 e. The molecule has 0 radical (unpaired) electrons. The van der Waals surface area contributed by atoms with Crippen LogP contribution in [0.1, 0.15) is 22.0 Å². The van der Waals surface area contributed by atoms with Gasteiger partial charge in [0, 0.05) is 30.1 Å². The van der Waals surface area contributed by atoms with E-state index in [0.717, 1.165) is 35.3 Å². The summed E-state index contributed by atoms with van der Waals surface area (Å²) in [7, 11) is 0. The maximum Gasteiger partial charge on any atom is 0.255 e. The number of nitrogens with zero attached hydrogens (tertiary/aromatic N) is 2. The van der Waals surface area contributed by atoms with Gasteiger partial charge in [-0.25, -0.2) is 0 Å². The number of anilines is 1. The molecule has 1 atom stereocenters. The van der Waals surface area contributed by atoms with Crippen LogP contribution in [0.15, 0.2) is 59.6 Å². The van der Waals surface area contributed by atoms with E-state index in [4.69, 9.17) is 4.99 Å². The van der Waals surface area contributed by atoms with Gasteiger partial charge < -0.3 is 10.2 Å². The molecule has 0 aliphatic carbocycles. The molecule has 4 rings (SSSR count). The van der Waals surface area contributed by atoms with Crippen LogP contribution in [0.25, 0.3) is 0 Å². The number of aliphatic imine (C=N–C) groups is 1. The number of carbonyl (C=O) groups is 1. The molecule has 0 saturated carbocycles. The summed E-state index contributed by atoms with van der Waals surface area (Å²) in [6.45, 7) is 2.03. The zero-order valence-electron chi connectivity index (χ0n) is 12.6. The monoisotopic (exact) mass is 323 g/mol. The molecule has 23 heavy (non-hydrogen) atoms. The maximum absolute atomic E-state index is 12.3. The molecule has 0 aromatic heterocycles. The smallest absolute Gasteiger partial charge is 0.255 e. The summed E-state index contributed by atoms with van der Waals surface area (Å²) < 4.78 is 0. The molecule has 1 saturated heterocycles. The van der Waals surface area contributed by atoms with Crippen LogP contribution < -0.4 is 5.32 Å². The lowest BCUT2D eigenvalue weighted by molar-refractivity contribution is 0.102. The number of hydrogen-bond acceptors (Lipinski definition) is 4. The highest BCUT2D eigenvalue weighted by Gasteiger charge is 2.30. The van der Waals surface area contributed by atoms with Crippen LogP contribution in [0, 0.1) is 0 Å². The summed E-state index contributed by atoms with van der Waals surface area (Å²) in [5.74, 6) is 1.05. The Labute approximate surface area is 139 Å². The van der Waals surface area contributed by atoms with Crippen molar-refractivity contribution in [2.45, 2.75) is 6.04 Å². The van der Waals surface area contributed by atoms with E-state index in [1.54, 1.807) is 0 Å². The first-order valence-corrected chi connectivity index (χ1v) is 8.70. The summed E-state index contributed by atoms with van der Waals surface area (Å²) >= 11 is 1.83. The molecule has 1 fully saturated rings. The SMILES string of the molecule is O=C(Nc1cccc(C2CN3CCSC3=N2)c1)c1ccccc1. The molecular weight excluding hydrogens is 306 g/mol. The van der Waals surface area contributed by atoms with E-state index in [2.05, 4.69) is 16.3 Å². The number of fused-ring (bicyclic) bond motifs is 1. The number of amides is 1. The fraction of sp³-hybridized carbons (Fsp3) is 0.222. The van der Waals surface area contributed by atoms with Crippen LogP contribution in [0.5, 0.6) is 0 Å². The average Bonchev–Trinajstić information content (AvgIpc) is 3.17. The maximum atomic E-state index is 12.3. The van der Waals surface area contributed by atoms with E-state index in [-0.39, 0.29) is 11.9 Å². The van der Waals surface area contributed by atoms with Gasteiger partial charge >= 0.3 is 0 Å². The topological polar surface area (TPSA) is 44.7 Å². The molecule has 1 amide bonds. The Kier molecular flexibility index (Phi) is 3.79. The first-order valence-electron chi connectivity index (χ1n) is 7.71. The van der Waals surface area contributed by atoms with Crippen molar-refractivity contribution in [1.82, 2.24) is 4.90 Å². The first-order chi connectivity index (χ1) is 11.3. The van der Waals surface area contributed by atoms with E-state index in [1.807, 2.05) is 60.3 Å². The van der Waals surface area contributed by atoms with Crippen molar-refractivity contribution in [2.24, 2.45) is 4.99 Å². The molecule has 2 aliphatic heterocycles. The Morgan fingerprint density at radius 1 is 1.17 bits per heavy atom. The predicted octanol–water partition coefficient (Wildman–Crippen LogP) is 3.40. The molecular formula is C18H17N3OS. The number of amidine groups is 1. The molecule has 2 aromatic rings. The summed E-state index contributed by atoms with van der Waals surface area (Å²) in [5, 5.41) is 4.13. The molecule has 1 unspecified atom stereocenters. The quantitative estimate of drug-likeness (QED) is 0.941. The van der Waals surface area contributed by atoms with Crippen molar-refractivity contribution < 1.29 is 4.79 Å². The molecule has 2 aliphatic rings. The Hall–Kier alpha value is -2.27. The summed E-state index contributed by atoms with van der Waals surface area (Å²) in [6.07, 6.45) is 0. The highest BCUT2D eigenvalue weighted by molar-refractivity contribution is 8.14. The van der Waals surface area contributed by atoms with E-state index in [1.165, 1.54) is 0 Å². The number of hydrogen-bond donors (Lipinski definition) is 1. The predicted molar refractivity (Wildman–Crippen MR) is 95.0 cm³/mol. The molecule has 1 N–H and O–H groups in total. The minimum atomic E-state index is -0.0864. The zero-order chi connectivity index (χ0) is 15.6. The highest BCUT2D eigenvalue weighted by atomic mass is 32.2. The second kappa shape index (κ2) is 6.08. The molecule has 4 nitrogen and oxygen atoms in total. The Morgan fingerprint density at radius 3 is 2.87 bits per heavy atom. The molecule has 2 aromatic carbocycles. The fourth-order valence-corrected chi connectivity index (χ4v) is 3.95. The third-order valence-electron chi connectivity index (χ3n) is 4.09. The summed E-state index contributed by atoms with van der Waals surface area (Å²) in [6, 6.07) is 17.4. The second-order valence-corrected chi connectivity index (χ2v) is 6.73. The van der Waals surface area contributed by atoms with Crippen LogP contribution in [-0.4, -0.2) is 34.8 Å². The van der Waals surface area contributed by atoms with Crippen molar-refractivity contribution in [3.05, 3.63) is 65.7 Å². The van der Waals surface area contributed by atoms with Crippen LogP contribution in [0.3, 0.4) is 0 Å². The van der Waals surface area contributed by atoms with Gasteiger partial charge in [0.15, 0.2) is 5.17 Å². The summed E-state index contributed by atoms with van der Waals surface area (Å²) in [5.41, 5.74) is 2.63. The standard InChI is InChI=1S/C18H17N3OS/c22-17(13-5-2-1-3-6-13)19-15-8-4-7-14(11-15)16-12-21-9-10-23-18(21)20-16/h1-8,11,16H,9-10,12H2,(H,19,22). The first kappa shape index (κ1) is 14.3. The number of benzene rings is 2. The molecule has 0 bridgehead atoms. The average molecular weight is 323 g/mol. The lowest BCUT2D eigenvalue weighted by Crippen LogP contribution is -2.21. The van der Waals surface area contributed by atoms with Crippen molar-refractivity contribution in [3.8, 4) is 0 Å².